The summed E-state index contributed by atoms with van der Waals surface area (Å²) in [4.78, 5) is 10.5. The molecule has 0 aliphatic heterocycles. The smallest absolute Gasteiger partial charge is 0.400 e. The number of rotatable bonds is 3. The zero-order valence-electron chi connectivity index (χ0n) is 7.64. The molecule has 1 aliphatic rings. The average molecular weight is 252 g/mol. The number of aliphatic hydroxyl groups excluding tert-OH is 1. The van der Waals surface area contributed by atoms with Crippen LogP contribution in [0.3, 0.4) is 0 Å². The van der Waals surface area contributed by atoms with Crippen LogP contribution in [0.2, 0.25) is 0 Å². The minimum atomic E-state index is -4.99. The van der Waals surface area contributed by atoms with E-state index in [1.807, 2.05) is 0 Å². The van der Waals surface area contributed by atoms with E-state index in [-0.39, 0.29) is 5.57 Å². The first-order valence-corrected chi connectivity index (χ1v) is 5.23. The fourth-order valence-electron chi connectivity index (χ4n) is 1.04. The number of hydrogen-bond donors (Lipinski definition) is 4. The Morgan fingerprint density at radius 2 is 2.06 bits per heavy atom. The Bertz CT molecular complexity index is 461. The van der Waals surface area contributed by atoms with Gasteiger partial charge in [-0.1, -0.05) is 0 Å². The van der Waals surface area contributed by atoms with Crippen LogP contribution in [0, 0.1) is 0 Å². The standard InChI is InChI=1S/C7H8O8S/c8-5-3-4(6(9)10)1-2-7(5,11)15-16(12,13)14/h1-3,5,8,11H,(H,9,10)(H,12,13,14). The number of carboxylic acid groups (broad SMARTS) is 1. The summed E-state index contributed by atoms with van der Waals surface area (Å²) < 4.78 is 32.9. The summed E-state index contributed by atoms with van der Waals surface area (Å²) in [6, 6.07) is 0. The summed E-state index contributed by atoms with van der Waals surface area (Å²) in [6.07, 6.45) is 0.174. The Kier molecular flexibility index (Phi) is 3.17. The van der Waals surface area contributed by atoms with E-state index in [1.165, 1.54) is 0 Å². The molecule has 0 saturated carbocycles. The van der Waals surface area contributed by atoms with Gasteiger partial charge in [0.25, 0.3) is 0 Å². The number of carboxylic acids is 1. The monoisotopic (exact) mass is 252 g/mol. The average Bonchev–Trinajstić information content (AvgIpc) is 2.06. The molecule has 90 valence electrons. The molecule has 9 heteroatoms. The molecule has 1 aliphatic carbocycles. The van der Waals surface area contributed by atoms with Crippen molar-refractivity contribution in [2.45, 2.75) is 11.9 Å². The lowest BCUT2D eigenvalue weighted by Gasteiger charge is -2.28. The lowest BCUT2D eigenvalue weighted by Crippen LogP contribution is -2.45. The second-order valence-corrected chi connectivity index (χ2v) is 3.99. The molecule has 0 aromatic rings. The molecule has 16 heavy (non-hydrogen) atoms. The van der Waals surface area contributed by atoms with Crippen LogP contribution in [0.1, 0.15) is 0 Å². The number of aliphatic carboxylic acids is 1. The molecule has 0 aromatic heterocycles. The van der Waals surface area contributed by atoms with E-state index >= 15 is 0 Å². The van der Waals surface area contributed by atoms with Gasteiger partial charge in [-0.05, 0) is 18.2 Å². The van der Waals surface area contributed by atoms with E-state index in [9.17, 15) is 23.4 Å². The van der Waals surface area contributed by atoms with Gasteiger partial charge in [-0.25, -0.2) is 8.98 Å². The first-order valence-electron chi connectivity index (χ1n) is 3.87. The van der Waals surface area contributed by atoms with E-state index in [0.717, 1.165) is 6.08 Å². The predicted molar refractivity (Wildman–Crippen MR) is 48.4 cm³/mol. The minimum absolute atomic E-state index is 0.351. The van der Waals surface area contributed by atoms with E-state index in [0.29, 0.717) is 12.2 Å². The van der Waals surface area contributed by atoms with Crippen LogP contribution in [0.5, 0.6) is 0 Å². The zero-order valence-corrected chi connectivity index (χ0v) is 8.46. The molecule has 0 fully saturated rings. The van der Waals surface area contributed by atoms with Crippen LogP contribution < -0.4 is 0 Å². The van der Waals surface area contributed by atoms with Gasteiger partial charge in [0.15, 0.2) is 0 Å². The second kappa shape index (κ2) is 3.96. The Hall–Kier alpha value is -1.26. The fraction of sp³-hybridized carbons (Fsp3) is 0.286. The highest BCUT2D eigenvalue weighted by Gasteiger charge is 2.40. The fourth-order valence-corrected chi connectivity index (χ4v) is 1.53. The molecule has 0 amide bonds. The van der Waals surface area contributed by atoms with Crippen molar-refractivity contribution in [2.24, 2.45) is 0 Å². The third kappa shape index (κ3) is 2.87. The van der Waals surface area contributed by atoms with Gasteiger partial charge in [-0.15, -0.1) is 0 Å². The maximum Gasteiger partial charge on any atom is 0.400 e. The summed E-state index contributed by atoms with van der Waals surface area (Å²) in [6.45, 7) is 0. The maximum absolute atomic E-state index is 10.5. The highest BCUT2D eigenvalue weighted by Crippen LogP contribution is 2.24. The summed E-state index contributed by atoms with van der Waals surface area (Å²) in [5, 5.41) is 27.2. The summed E-state index contributed by atoms with van der Waals surface area (Å²) in [5.41, 5.74) is -0.351. The molecule has 4 N–H and O–H groups in total. The van der Waals surface area contributed by atoms with Crippen LogP contribution in [0.25, 0.3) is 0 Å². The van der Waals surface area contributed by atoms with Gasteiger partial charge in [0, 0.05) is 0 Å². The first-order chi connectivity index (χ1) is 7.14. The van der Waals surface area contributed by atoms with E-state index in [4.69, 9.17) is 9.66 Å². The van der Waals surface area contributed by atoms with Crippen LogP contribution >= 0.6 is 0 Å². The van der Waals surface area contributed by atoms with Crippen molar-refractivity contribution in [2.75, 3.05) is 0 Å². The Morgan fingerprint density at radius 3 is 2.44 bits per heavy atom. The van der Waals surface area contributed by atoms with Crippen molar-refractivity contribution in [3.8, 4) is 0 Å². The van der Waals surface area contributed by atoms with Gasteiger partial charge in [-0.2, -0.15) is 8.42 Å². The van der Waals surface area contributed by atoms with Gasteiger partial charge in [0.05, 0.1) is 5.57 Å². The molecule has 8 nitrogen and oxygen atoms in total. The Morgan fingerprint density at radius 1 is 1.50 bits per heavy atom. The lowest BCUT2D eigenvalue weighted by molar-refractivity contribution is -0.156. The third-order valence-electron chi connectivity index (χ3n) is 1.75. The minimum Gasteiger partial charge on any atom is -0.478 e. The summed E-state index contributed by atoms with van der Waals surface area (Å²) >= 11 is 0. The van der Waals surface area contributed by atoms with Crippen molar-refractivity contribution in [1.82, 2.24) is 0 Å². The quantitative estimate of drug-likeness (QED) is 0.349. The molecule has 2 unspecified atom stereocenters. The highest BCUT2D eigenvalue weighted by molar-refractivity contribution is 7.80. The molecule has 0 heterocycles. The van der Waals surface area contributed by atoms with E-state index in [2.05, 4.69) is 4.18 Å². The van der Waals surface area contributed by atoms with Gasteiger partial charge in [-0.3, -0.25) is 4.55 Å². The van der Waals surface area contributed by atoms with Crippen LogP contribution in [-0.4, -0.2) is 46.2 Å². The van der Waals surface area contributed by atoms with Gasteiger partial charge in [0.2, 0.25) is 5.79 Å². The number of aliphatic hydroxyl groups is 2. The molecule has 0 saturated heterocycles. The maximum atomic E-state index is 10.5. The normalized spacial score (nSPS) is 29.9. The van der Waals surface area contributed by atoms with Crippen molar-refractivity contribution < 1.29 is 37.3 Å². The third-order valence-corrected chi connectivity index (χ3v) is 2.23. The Balaban J connectivity index is 2.98. The summed E-state index contributed by atoms with van der Waals surface area (Å²) in [7, 11) is -4.99. The largest absolute Gasteiger partial charge is 0.478 e. The Labute approximate surface area is 90.0 Å². The number of carbonyl (C=O) groups is 1. The lowest BCUT2D eigenvalue weighted by atomic mass is 9.99. The molecular formula is C7H8O8S. The van der Waals surface area contributed by atoms with Crippen LogP contribution in [-0.2, 0) is 19.4 Å². The molecule has 0 bridgehead atoms. The zero-order chi connectivity index (χ0) is 12.6. The molecule has 0 spiro atoms. The van der Waals surface area contributed by atoms with Crippen molar-refractivity contribution in [1.29, 1.82) is 0 Å². The SMILES string of the molecule is O=C(O)C1=CC(O)C(O)(OS(=O)(=O)O)C=C1. The topological polar surface area (TPSA) is 141 Å². The van der Waals surface area contributed by atoms with Crippen molar-refractivity contribution >= 4 is 16.4 Å². The van der Waals surface area contributed by atoms with Gasteiger partial charge >= 0.3 is 16.4 Å². The molecule has 2 atom stereocenters. The van der Waals surface area contributed by atoms with E-state index < -0.39 is 28.3 Å². The van der Waals surface area contributed by atoms with Crippen LogP contribution in [0.15, 0.2) is 23.8 Å². The van der Waals surface area contributed by atoms with Gasteiger partial charge in [0.1, 0.15) is 6.10 Å². The molecule has 0 aromatic carbocycles. The first kappa shape index (κ1) is 12.8. The van der Waals surface area contributed by atoms with Crippen LogP contribution in [0.4, 0.5) is 0 Å². The number of hydrogen-bond acceptors (Lipinski definition) is 6. The predicted octanol–water partition coefficient (Wildman–Crippen LogP) is -1.56. The molecular weight excluding hydrogens is 244 g/mol. The molecule has 1 rings (SSSR count). The van der Waals surface area contributed by atoms with E-state index in [1.54, 1.807) is 0 Å². The van der Waals surface area contributed by atoms with Crippen molar-refractivity contribution in [3.05, 3.63) is 23.8 Å². The van der Waals surface area contributed by atoms with Crippen molar-refractivity contribution in [3.63, 3.8) is 0 Å². The highest BCUT2D eigenvalue weighted by atomic mass is 32.3. The second-order valence-electron chi connectivity index (χ2n) is 2.97. The van der Waals surface area contributed by atoms with Gasteiger partial charge < -0.3 is 15.3 Å². The molecule has 0 radical (unpaired) electrons. The summed E-state index contributed by atoms with van der Waals surface area (Å²) in [5.74, 6) is -4.09.